The van der Waals surface area contributed by atoms with Crippen LogP contribution in [0.5, 0.6) is 5.75 Å². The van der Waals surface area contributed by atoms with Crippen LogP contribution in [0.3, 0.4) is 0 Å². The molecule has 0 amide bonds. The Morgan fingerprint density at radius 1 is 1.47 bits per heavy atom. The van der Waals surface area contributed by atoms with E-state index in [1.807, 2.05) is 0 Å². The summed E-state index contributed by atoms with van der Waals surface area (Å²) in [7, 11) is 0. The largest absolute Gasteiger partial charge is 0.505 e. The van der Waals surface area contributed by atoms with E-state index >= 15 is 0 Å². The number of nitrogens with zero attached hydrogens (tertiary/aromatic N) is 1. The van der Waals surface area contributed by atoms with Crippen LogP contribution in [-0.2, 0) is 6.54 Å². The predicted octanol–water partition coefficient (Wildman–Crippen LogP) is 1.72. The van der Waals surface area contributed by atoms with Gasteiger partial charge in [0.05, 0.1) is 0 Å². The number of halogens is 1. The van der Waals surface area contributed by atoms with Crippen LogP contribution in [0.1, 0.15) is 18.9 Å². The highest BCUT2D eigenvalue weighted by molar-refractivity contribution is 5.28. The van der Waals surface area contributed by atoms with Gasteiger partial charge in [0.1, 0.15) is 0 Å². The first-order valence-electron chi connectivity index (χ1n) is 6.13. The van der Waals surface area contributed by atoms with Gasteiger partial charge in [-0.3, -0.25) is 4.90 Å². The first-order valence-corrected chi connectivity index (χ1v) is 6.13. The van der Waals surface area contributed by atoms with Crippen LogP contribution in [0, 0.1) is 5.82 Å². The second-order valence-electron chi connectivity index (χ2n) is 4.57. The van der Waals surface area contributed by atoms with E-state index < -0.39 is 5.82 Å². The van der Waals surface area contributed by atoms with Gasteiger partial charge in [0.25, 0.3) is 0 Å². The minimum Gasteiger partial charge on any atom is -0.505 e. The lowest BCUT2D eigenvalue weighted by Gasteiger charge is -2.38. The number of benzene rings is 1. The Morgan fingerprint density at radius 2 is 2.24 bits per heavy atom. The summed E-state index contributed by atoms with van der Waals surface area (Å²) in [6.45, 7) is 5.95. The summed E-state index contributed by atoms with van der Waals surface area (Å²) in [5, 5.41) is 12.4. The van der Waals surface area contributed by atoms with Gasteiger partial charge in [-0.15, -0.1) is 0 Å². The highest BCUT2D eigenvalue weighted by Crippen LogP contribution is 2.18. The average molecular weight is 238 g/mol. The van der Waals surface area contributed by atoms with Crippen molar-refractivity contribution in [3.8, 4) is 5.75 Å². The molecule has 1 aliphatic heterocycles. The molecule has 2 rings (SSSR count). The molecule has 1 heterocycles. The van der Waals surface area contributed by atoms with Crippen LogP contribution in [0.15, 0.2) is 18.2 Å². The maximum absolute atomic E-state index is 13.2. The molecule has 1 aromatic rings. The van der Waals surface area contributed by atoms with Crippen molar-refractivity contribution in [3.05, 3.63) is 29.6 Å². The molecule has 3 nitrogen and oxygen atoms in total. The molecule has 0 radical (unpaired) electrons. The standard InChI is InChI=1S/C13H19FN2O/c1-2-5-16(11-7-15-8-11)9-10-3-4-13(17)12(14)6-10/h3-4,6,11,15,17H,2,5,7-9H2,1H3. The third-order valence-corrected chi connectivity index (χ3v) is 3.18. The number of aromatic hydroxyl groups is 1. The van der Waals surface area contributed by atoms with Gasteiger partial charge in [-0.2, -0.15) is 0 Å². The minimum atomic E-state index is -0.536. The number of nitrogens with one attached hydrogen (secondary N) is 1. The first kappa shape index (κ1) is 12.3. The van der Waals surface area contributed by atoms with E-state index in [1.165, 1.54) is 12.1 Å². The number of rotatable bonds is 5. The normalized spacial score (nSPS) is 16.2. The van der Waals surface area contributed by atoms with Crippen LogP contribution >= 0.6 is 0 Å². The fourth-order valence-electron chi connectivity index (χ4n) is 2.09. The molecular formula is C13H19FN2O. The highest BCUT2D eigenvalue weighted by Gasteiger charge is 2.23. The van der Waals surface area contributed by atoms with E-state index in [0.717, 1.165) is 38.2 Å². The van der Waals surface area contributed by atoms with Gasteiger partial charge < -0.3 is 10.4 Å². The van der Waals surface area contributed by atoms with Crippen LogP contribution in [0.4, 0.5) is 4.39 Å². The zero-order valence-corrected chi connectivity index (χ0v) is 10.1. The van der Waals surface area contributed by atoms with E-state index in [9.17, 15) is 4.39 Å². The van der Waals surface area contributed by atoms with Crippen molar-refractivity contribution in [1.82, 2.24) is 10.2 Å². The molecular weight excluding hydrogens is 219 g/mol. The van der Waals surface area contributed by atoms with Gasteiger partial charge in [-0.05, 0) is 30.7 Å². The van der Waals surface area contributed by atoms with E-state index in [2.05, 4.69) is 17.1 Å². The Balaban J connectivity index is 2.02. The van der Waals surface area contributed by atoms with Gasteiger partial charge in [0, 0.05) is 25.7 Å². The monoisotopic (exact) mass is 238 g/mol. The minimum absolute atomic E-state index is 0.277. The van der Waals surface area contributed by atoms with Crippen LogP contribution < -0.4 is 5.32 Å². The molecule has 0 unspecified atom stereocenters. The molecule has 0 atom stereocenters. The van der Waals surface area contributed by atoms with Gasteiger partial charge >= 0.3 is 0 Å². The van der Waals surface area contributed by atoms with Crippen molar-refractivity contribution in [2.75, 3.05) is 19.6 Å². The van der Waals surface area contributed by atoms with E-state index in [1.54, 1.807) is 6.07 Å². The first-order chi connectivity index (χ1) is 8.20. The summed E-state index contributed by atoms with van der Waals surface area (Å²) < 4.78 is 13.2. The van der Waals surface area contributed by atoms with Crippen LogP contribution in [0.25, 0.3) is 0 Å². The zero-order chi connectivity index (χ0) is 12.3. The van der Waals surface area contributed by atoms with Crippen LogP contribution in [-0.4, -0.2) is 35.7 Å². The van der Waals surface area contributed by atoms with Gasteiger partial charge in [0.2, 0.25) is 0 Å². The lowest BCUT2D eigenvalue weighted by Crippen LogP contribution is -2.56. The summed E-state index contributed by atoms with van der Waals surface area (Å²) in [5.41, 5.74) is 0.917. The molecule has 2 N–H and O–H groups in total. The SMILES string of the molecule is CCCN(Cc1ccc(O)c(F)c1)C1CNC1. The number of hydrogen-bond donors (Lipinski definition) is 2. The van der Waals surface area contributed by atoms with Crippen LogP contribution in [0.2, 0.25) is 0 Å². The summed E-state index contributed by atoms with van der Waals surface area (Å²) in [4.78, 5) is 2.36. The lowest BCUT2D eigenvalue weighted by atomic mass is 10.1. The van der Waals surface area contributed by atoms with Crippen molar-refractivity contribution in [2.24, 2.45) is 0 Å². The van der Waals surface area contributed by atoms with E-state index in [-0.39, 0.29) is 5.75 Å². The van der Waals surface area contributed by atoms with Gasteiger partial charge in [-0.25, -0.2) is 4.39 Å². The van der Waals surface area contributed by atoms with Crippen molar-refractivity contribution >= 4 is 0 Å². The summed E-state index contributed by atoms with van der Waals surface area (Å²) in [5.74, 6) is -0.813. The second kappa shape index (κ2) is 5.47. The van der Waals surface area contributed by atoms with Crippen molar-refractivity contribution < 1.29 is 9.50 Å². The van der Waals surface area contributed by atoms with Gasteiger partial charge in [0.15, 0.2) is 11.6 Å². The summed E-state index contributed by atoms with van der Waals surface area (Å²) >= 11 is 0. The zero-order valence-electron chi connectivity index (χ0n) is 10.1. The molecule has 0 aliphatic carbocycles. The molecule has 0 spiro atoms. The Morgan fingerprint density at radius 3 is 2.76 bits per heavy atom. The molecule has 1 fully saturated rings. The smallest absolute Gasteiger partial charge is 0.165 e. The molecule has 0 saturated carbocycles. The Labute approximate surface area is 101 Å². The fourth-order valence-corrected chi connectivity index (χ4v) is 2.09. The molecule has 4 heteroatoms. The second-order valence-corrected chi connectivity index (χ2v) is 4.57. The Bertz CT molecular complexity index is 380. The van der Waals surface area contributed by atoms with E-state index in [0.29, 0.717) is 6.04 Å². The molecule has 94 valence electrons. The number of phenols is 1. The lowest BCUT2D eigenvalue weighted by molar-refractivity contribution is 0.137. The molecule has 17 heavy (non-hydrogen) atoms. The number of hydrogen-bond acceptors (Lipinski definition) is 3. The van der Waals surface area contributed by atoms with Crippen molar-refractivity contribution in [1.29, 1.82) is 0 Å². The van der Waals surface area contributed by atoms with Gasteiger partial charge in [-0.1, -0.05) is 13.0 Å². The third kappa shape index (κ3) is 2.96. The summed E-state index contributed by atoms with van der Waals surface area (Å²) in [6, 6.07) is 5.19. The Hall–Kier alpha value is -1.13. The molecule has 0 aromatic heterocycles. The predicted molar refractivity (Wildman–Crippen MR) is 65.4 cm³/mol. The Kier molecular flexibility index (Phi) is 3.97. The topological polar surface area (TPSA) is 35.5 Å². The molecule has 0 bridgehead atoms. The maximum Gasteiger partial charge on any atom is 0.165 e. The molecule has 1 aromatic carbocycles. The molecule has 1 aliphatic rings. The summed E-state index contributed by atoms with van der Waals surface area (Å²) in [6.07, 6.45) is 1.09. The fraction of sp³-hybridized carbons (Fsp3) is 0.538. The van der Waals surface area contributed by atoms with Crippen molar-refractivity contribution in [3.63, 3.8) is 0 Å². The maximum atomic E-state index is 13.2. The quantitative estimate of drug-likeness (QED) is 0.820. The highest BCUT2D eigenvalue weighted by atomic mass is 19.1. The average Bonchev–Trinajstić information content (AvgIpc) is 2.21. The van der Waals surface area contributed by atoms with E-state index in [4.69, 9.17) is 5.11 Å². The third-order valence-electron chi connectivity index (χ3n) is 3.18. The van der Waals surface area contributed by atoms with Crippen molar-refractivity contribution in [2.45, 2.75) is 25.9 Å². The number of phenolic OH excluding ortho intramolecular Hbond substituents is 1. The molecule has 1 saturated heterocycles.